The van der Waals surface area contributed by atoms with Gasteiger partial charge in [-0.05, 0) is 55.3 Å². The van der Waals surface area contributed by atoms with Gasteiger partial charge in [0.25, 0.3) is 21.8 Å². The number of thioether (sulfide) groups is 1. The van der Waals surface area contributed by atoms with Crippen LogP contribution in [0.3, 0.4) is 0 Å². The quantitative estimate of drug-likeness (QED) is 0.264. The summed E-state index contributed by atoms with van der Waals surface area (Å²) in [4.78, 5) is 41.6. The Kier molecular flexibility index (Phi) is 8.91. The molecule has 0 radical (unpaired) electrons. The van der Waals surface area contributed by atoms with Gasteiger partial charge in [-0.3, -0.25) is 14.4 Å². The molecule has 1 heterocycles. The molecule has 0 aliphatic carbocycles. The second-order valence-electron chi connectivity index (χ2n) is 10.9. The first-order valence-electron chi connectivity index (χ1n) is 13.9. The molecular weight excluding hydrogens is 597 g/mol. The van der Waals surface area contributed by atoms with Crippen LogP contribution in [0.15, 0.2) is 113 Å². The molecule has 44 heavy (non-hydrogen) atoms. The summed E-state index contributed by atoms with van der Waals surface area (Å²) in [7, 11) is -4.19. The Morgan fingerprint density at radius 3 is 2.25 bits per heavy atom. The summed E-state index contributed by atoms with van der Waals surface area (Å²) in [6.45, 7) is 3.40. The molecule has 1 atom stereocenters. The minimum Gasteiger partial charge on any atom is -0.342 e. The fourth-order valence-corrected chi connectivity index (χ4v) is 6.98. The number of benzene rings is 4. The van der Waals surface area contributed by atoms with Crippen molar-refractivity contribution < 1.29 is 22.8 Å². The Bertz CT molecular complexity index is 1800. The van der Waals surface area contributed by atoms with Crippen LogP contribution in [-0.4, -0.2) is 43.5 Å². The predicted molar refractivity (Wildman–Crippen MR) is 172 cm³/mol. The monoisotopic (exact) mass is 628 g/mol. The Morgan fingerprint density at radius 2 is 1.55 bits per heavy atom. The van der Waals surface area contributed by atoms with E-state index in [2.05, 4.69) is 10.0 Å². The summed E-state index contributed by atoms with van der Waals surface area (Å²) in [5.41, 5.74) is 7.64. The second kappa shape index (κ2) is 12.7. The van der Waals surface area contributed by atoms with Crippen LogP contribution in [0.4, 0.5) is 5.69 Å². The summed E-state index contributed by atoms with van der Waals surface area (Å²) in [5.74, 6) is -1.03. The average Bonchev–Trinajstić information content (AvgIpc) is 3.13. The van der Waals surface area contributed by atoms with Crippen molar-refractivity contribution in [2.24, 2.45) is 5.73 Å². The van der Waals surface area contributed by atoms with E-state index in [-0.39, 0.29) is 22.9 Å². The second-order valence-corrected chi connectivity index (χ2v) is 13.7. The van der Waals surface area contributed by atoms with Crippen LogP contribution in [0.2, 0.25) is 0 Å². The van der Waals surface area contributed by atoms with Crippen LogP contribution < -0.4 is 20.7 Å². The number of carbonyl (C=O) groups is 3. The molecule has 0 bridgehead atoms. The minimum atomic E-state index is -4.19. The Labute approximate surface area is 260 Å². The predicted octanol–water partition coefficient (Wildman–Crippen LogP) is 4.33. The zero-order chi connectivity index (χ0) is 31.5. The molecule has 1 aliphatic rings. The Morgan fingerprint density at radius 1 is 0.909 bits per heavy atom. The number of hydrogen-bond donors (Lipinski definition) is 3. The molecule has 4 aromatic carbocycles. The van der Waals surface area contributed by atoms with Crippen molar-refractivity contribution in [1.82, 2.24) is 10.0 Å². The molecule has 3 amide bonds. The molecule has 0 spiro atoms. The number of hydrogen-bond acceptors (Lipinski definition) is 7. The standard InChI is InChI=1S/C33H32N4O5S2/c1-33(2,34)32(40)35-26-21-43-28-14-8-7-13-27(28)37(31(26)39)20-22-16-18-23(19-17-22)25-12-6-9-15-29(25)44(41,42)36-30(38)24-10-4-3-5-11-24/h3-19,26H,20-21,34H2,1-2H3,(H,35,40)(H,36,38)/t26-/m1/s1. The summed E-state index contributed by atoms with van der Waals surface area (Å²) in [6, 6.07) is 28.6. The van der Waals surface area contributed by atoms with E-state index in [1.165, 1.54) is 30.0 Å². The van der Waals surface area contributed by atoms with Gasteiger partial charge in [0.1, 0.15) is 6.04 Å². The lowest BCUT2D eigenvalue weighted by Gasteiger charge is -2.28. The van der Waals surface area contributed by atoms with Gasteiger partial charge in [-0.2, -0.15) is 0 Å². The maximum absolute atomic E-state index is 13.8. The van der Waals surface area contributed by atoms with E-state index in [0.717, 1.165) is 16.1 Å². The maximum Gasteiger partial charge on any atom is 0.264 e. The van der Waals surface area contributed by atoms with Gasteiger partial charge < -0.3 is 16.0 Å². The lowest BCUT2D eigenvalue weighted by Crippen LogP contribution is -2.56. The zero-order valence-corrected chi connectivity index (χ0v) is 25.8. The van der Waals surface area contributed by atoms with Crippen molar-refractivity contribution in [1.29, 1.82) is 0 Å². The number of sulfonamides is 1. The number of carbonyl (C=O) groups excluding carboxylic acids is 3. The van der Waals surface area contributed by atoms with Crippen LogP contribution in [0.1, 0.15) is 29.8 Å². The fraction of sp³-hybridized carbons (Fsp3) is 0.182. The van der Waals surface area contributed by atoms with E-state index in [0.29, 0.717) is 16.9 Å². The van der Waals surface area contributed by atoms with Gasteiger partial charge in [0.05, 0.1) is 22.7 Å². The zero-order valence-electron chi connectivity index (χ0n) is 24.2. The van der Waals surface area contributed by atoms with Gasteiger partial charge >= 0.3 is 0 Å². The van der Waals surface area contributed by atoms with Gasteiger partial charge in [0.15, 0.2) is 0 Å². The molecule has 0 saturated heterocycles. The van der Waals surface area contributed by atoms with Crippen LogP contribution >= 0.6 is 11.8 Å². The third-order valence-electron chi connectivity index (χ3n) is 7.06. The highest BCUT2D eigenvalue weighted by Gasteiger charge is 2.34. The molecule has 9 nitrogen and oxygen atoms in total. The van der Waals surface area contributed by atoms with Crippen molar-refractivity contribution in [3.8, 4) is 11.1 Å². The van der Waals surface area contributed by atoms with Crippen molar-refractivity contribution in [2.45, 2.75) is 41.8 Å². The highest BCUT2D eigenvalue weighted by Crippen LogP contribution is 2.35. The number of anilines is 1. The van der Waals surface area contributed by atoms with Gasteiger partial charge in [0.2, 0.25) is 5.91 Å². The third kappa shape index (κ3) is 6.85. The number of fused-ring (bicyclic) bond motifs is 1. The molecule has 4 aromatic rings. The van der Waals surface area contributed by atoms with Crippen molar-refractivity contribution in [2.75, 3.05) is 10.7 Å². The Hall–Kier alpha value is -4.45. The minimum absolute atomic E-state index is 0.0351. The molecule has 0 unspecified atom stereocenters. The molecular formula is C33H32N4O5S2. The topological polar surface area (TPSA) is 139 Å². The molecule has 11 heteroatoms. The van der Waals surface area contributed by atoms with Crippen LogP contribution in [0.5, 0.6) is 0 Å². The first-order chi connectivity index (χ1) is 20.9. The fourth-order valence-electron chi connectivity index (χ4n) is 4.70. The SMILES string of the molecule is CC(C)(N)C(=O)N[C@@H]1CSc2ccccc2N(Cc2ccc(-c3ccccc3S(=O)(=O)NC(=O)c3ccccc3)cc2)C1=O. The van der Waals surface area contributed by atoms with E-state index in [4.69, 9.17) is 5.73 Å². The highest BCUT2D eigenvalue weighted by molar-refractivity contribution is 7.99. The van der Waals surface area contributed by atoms with Crippen molar-refractivity contribution in [3.05, 3.63) is 114 Å². The van der Waals surface area contributed by atoms with Crippen LogP contribution in [0.25, 0.3) is 11.1 Å². The van der Waals surface area contributed by atoms with Crippen molar-refractivity contribution in [3.63, 3.8) is 0 Å². The van der Waals surface area contributed by atoms with Gasteiger partial charge in [-0.1, -0.05) is 72.8 Å². The van der Waals surface area contributed by atoms with Gasteiger partial charge in [0, 0.05) is 21.8 Å². The summed E-state index contributed by atoms with van der Waals surface area (Å²) >= 11 is 1.49. The molecule has 4 N–H and O–H groups in total. The van der Waals surface area contributed by atoms with Crippen LogP contribution in [-0.2, 0) is 26.2 Å². The largest absolute Gasteiger partial charge is 0.342 e. The van der Waals surface area contributed by atoms with E-state index in [1.807, 2.05) is 36.4 Å². The van der Waals surface area contributed by atoms with E-state index in [1.54, 1.807) is 67.3 Å². The number of nitrogens with two attached hydrogens (primary N) is 1. The lowest BCUT2D eigenvalue weighted by atomic mass is 10.0. The molecule has 226 valence electrons. The number of rotatable bonds is 8. The summed E-state index contributed by atoms with van der Waals surface area (Å²) in [6.07, 6.45) is 0. The highest BCUT2D eigenvalue weighted by atomic mass is 32.2. The lowest BCUT2D eigenvalue weighted by molar-refractivity contribution is -0.129. The number of nitrogens with one attached hydrogen (secondary N) is 2. The first-order valence-corrected chi connectivity index (χ1v) is 16.3. The molecule has 0 aromatic heterocycles. The molecule has 0 saturated carbocycles. The average molecular weight is 629 g/mol. The molecule has 1 aliphatic heterocycles. The first kappa shape index (κ1) is 31.0. The van der Waals surface area contributed by atoms with Gasteiger partial charge in [-0.25, -0.2) is 13.1 Å². The normalized spacial score (nSPS) is 15.2. The molecule has 5 rings (SSSR count). The Balaban J connectivity index is 1.40. The smallest absolute Gasteiger partial charge is 0.264 e. The van der Waals surface area contributed by atoms with Gasteiger partial charge in [-0.15, -0.1) is 11.8 Å². The van der Waals surface area contributed by atoms with E-state index < -0.39 is 33.4 Å². The third-order valence-corrected chi connectivity index (χ3v) is 9.61. The van der Waals surface area contributed by atoms with E-state index >= 15 is 0 Å². The van der Waals surface area contributed by atoms with Crippen LogP contribution in [0, 0.1) is 0 Å². The number of amides is 3. The van der Waals surface area contributed by atoms with Crippen molar-refractivity contribution >= 4 is 45.2 Å². The number of para-hydroxylation sites is 1. The molecule has 0 fully saturated rings. The number of nitrogens with zero attached hydrogens (tertiary/aromatic N) is 1. The summed E-state index contributed by atoms with van der Waals surface area (Å²) in [5, 5.41) is 2.81. The van der Waals surface area contributed by atoms with E-state index in [9.17, 15) is 22.8 Å². The maximum atomic E-state index is 13.8. The summed E-state index contributed by atoms with van der Waals surface area (Å²) < 4.78 is 28.7.